The molecule has 0 radical (unpaired) electrons. The summed E-state index contributed by atoms with van der Waals surface area (Å²) in [6, 6.07) is 7.48. The van der Waals surface area contributed by atoms with E-state index in [1.807, 2.05) is 24.3 Å². The largest absolute Gasteiger partial charge is 0.380 e. The van der Waals surface area contributed by atoms with E-state index in [0.717, 1.165) is 30.6 Å². The van der Waals surface area contributed by atoms with Crippen molar-refractivity contribution in [3.63, 3.8) is 0 Å². The van der Waals surface area contributed by atoms with Gasteiger partial charge < -0.3 is 10.2 Å². The van der Waals surface area contributed by atoms with Gasteiger partial charge >= 0.3 is 0 Å². The molecule has 2 aliphatic heterocycles. The van der Waals surface area contributed by atoms with E-state index in [-0.39, 0.29) is 31.5 Å². The van der Waals surface area contributed by atoms with Crippen LogP contribution in [0.2, 0.25) is 0 Å². The first-order valence-corrected chi connectivity index (χ1v) is 9.15. The molecule has 2 aromatic heterocycles. The molecular weight excluding hydrogens is 347 g/mol. The maximum Gasteiger partial charge on any atom is 0.237 e. The number of amides is 1. The van der Waals surface area contributed by atoms with Gasteiger partial charge in [0.1, 0.15) is 12.2 Å². The average Bonchev–Trinajstić information content (AvgIpc) is 3.27. The Hall–Kier alpha value is -2.79. The molecule has 140 valence electrons. The Morgan fingerprint density at radius 2 is 2.30 bits per heavy atom. The molecule has 1 unspecified atom stereocenters. The molecule has 0 saturated carbocycles. The highest BCUT2D eigenvalue weighted by Gasteiger charge is 2.36. The molecular formula is C19H21FN6O. The third kappa shape index (κ3) is 3.83. The zero-order valence-corrected chi connectivity index (χ0v) is 14.9. The fourth-order valence-electron chi connectivity index (χ4n) is 3.84. The lowest BCUT2D eigenvalue weighted by atomic mass is 10.2. The standard InChI is InChI=1S/C19H21FN6O/c20-14-7-17(8-21)26(10-14)18(27)12-25-5-3-15(11-25)24-16-6-13-2-1-4-22-19(13)23-9-16/h1-2,4,6,9,14-15,17,24H,3,5,7,10-12H2/t14-,15+,17?/m0/s1. The van der Waals surface area contributed by atoms with Crippen molar-refractivity contribution in [2.75, 3.05) is 31.5 Å². The molecule has 2 saturated heterocycles. The second kappa shape index (κ2) is 7.45. The summed E-state index contributed by atoms with van der Waals surface area (Å²) in [6.45, 7) is 1.77. The van der Waals surface area contributed by atoms with E-state index >= 15 is 0 Å². The first-order chi connectivity index (χ1) is 13.1. The van der Waals surface area contributed by atoms with Gasteiger partial charge in [-0.05, 0) is 24.6 Å². The average molecular weight is 368 g/mol. The predicted octanol–water partition coefficient (Wildman–Crippen LogP) is 1.58. The van der Waals surface area contributed by atoms with Crippen molar-refractivity contribution in [1.82, 2.24) is 19.8 Å². The van der Waals surface area contributed by atoms with Crippen molar-refractivity contribution in [3.05, 3.63) is 30.6 Å². The van der Waals surface area contributed by atoms with Crippen molar-refractivity contribution in [2.45, 2.75) is 31.1 Å². The molecule has 27 heavy (non-hydrogen) atoms. The van der Waals surface area contributed by atoms with E-state index in [9.17, 15) is 9.18 Å². The fraction of sp³-hybridized carbons (Fsp3) is 0.474. The highest BCUT2D eigenvalue weighted by molar-refractivity contribution is 5.79. The van der Waals surface area contributed by atoms with E-state index in [0.29, 0.717) is 5.65 Å². The fourth-order valence-corrected chi connectivity index (χ4v) is 3.84. The van der Waals surface area contributed by atoms with Crippen LogP contribution in [0, 0.1) is 11.3 Å². The number of rotatable bonds is 4. The molecule has 2 fully saturated rings. The Balaban J connectivity index is 1.33. The number of carbonyl (C=O) groups is 1. The number of carbonyl (C=O) groups excluding carboxylic acids is 1. The van der Waals surface area contributed by atoms with Crippen LogP contribution in [0.5, 0.6) is 0 Å². The highest BCUT2D eigenvalue weighted by Crippen LogP contribution is 2.22. The van der Waals surface area contributed by atoms with Crippen LogP contribution in [0.25, 0.3) is 11.0 Å². The lowest BCUT2D eigenvalue weighted by Crippen LogP contribution is -2.42. The number of fused-ring (bicyclic) bond motifs is 1. The Morgan fingerprint density at radius 1 is 1.41 bits per heavy atom. The van der Waals surface area contributed by atoms with Crippen molar-refractivity contribution < 1.29 is 9.18 Å². The molecule has 8 heteroatoms. The molecule has 0 bridgehead atoms. The molecule has 3 atom stereocenters. The Bertz CT molecular complexity index is 884. The summed E-state index contributed by atoms with van der Waals surface area (Å²) < 4.78 is 13.5. The number of likely N-dealkylation sites (tertiary alicyclic amines) is 2. The number of halogens is 1. The van der Waals surface area contributed by atoms with Crippen LogP contribution in [0.3, 0.4) is 0 Å². The molecule has 2 aromatic rings. The van der Waals surface area contributed by atoms with Gasteiger partial charge in [0.2, 0.25) is 5.91 Å². The quantitative estimate of drug-likeness (QED) is 0.882. The Morgan fingerprint density at radius 3 is 3.15 bits per heavy atom. The molecule has 7 nitrogen and oxygen atoms in total. The second-order valence-corrected chi connectivity index (χ2v) is 7.16. The number of nitriles is 1. The lowest BCUT2D eigenvalue weighted by Gasteiger charge is -2.23. The SMILES string of the molecule is N#CC1C[C@H](F)CN1C(=O)CN1CC[C@@H](Nc2cnc3ncccc3c2)C1. The third-order valence-corrected chi connectivity index (χ3v) is 5.18. The molecule has 1 amide bonds. The van der Waals surface area contributed by atoms with Crippen molar-refractivity contribution in [2.24, 2.45) is 0 Å². The molecule has 0 aromatic carbocycles. The van der Waals surface area contributed by atoms with Crippen LogP contribution in [-0.4, -0.2) is 70.1 Å². The van der Waals surface area contributed by atoms with Crippen molar-refractivity contribution in [3.8, 4) is 6.07 Å². The Kier molecular flexibility index (Phi) is 4.86. The molecule has 1 N–H and O–H groups in total. The number of aromatic nitrogens is 2. The third-order valence-electron chi connectivity index (χ3n) is 5.18. The van der Waals surface area contributed by atoms with E-state index in [1.165, 1.54) is 4.90 Å². The smallest absolute Gasteiger partial charge is 0.237 e. The summed E-state index contributed by atoms with van der Waals surface area (Å²) in [7, 11) is 0. The summed E-state index contributed by atoms with van der Waals surface area (Å²) in [6.07, 6.45) is 3.42. The summed E-state index contributed by atoms with van der Waals surface area (Å²) >= 11 is 0. The van der Waals surface area contributed by atoms with Crippen LogP contribution in [-0.2, 0) is 4.79 Å². The molecule has 4 rings (SSSR count). The molecule has 0 aliphatic carbocycles. The second-order valence-electron chi connectivity index (χ2n) is 7.16. The number of pyridine rings is 2. The maximum atomic E-state index is 13.5. The minimum atomic E-state index is -1.10. The Labute approximate surface area is 156 Å². The zero-order chi connectivity index (χ0) is 18.8. The van der Waals surface area contributed by atoms with Gasteiger partial charge in [-0.3, -0.25) is 9.69 Å². The van der Waals surface area contributed by atoms with E-state index in [2.05, 4.69) is 20.2 Å². The van der Waals surface area contributed by atoms with Crippen LogP contribution >= 0.6 is 0 Å². The monoisotopic (exact) mass is 368 g/mol. The lowest BCUT2D eigenvalue weighted by molar-refractivity contribution is -0.132. The highest BCUT2D eigenvalue weighted by atomic mass is 19.1. The zero-order valence-electron chi connectivity index (χ0n) is 14.9. The van der Waals surface area contributed by atoms with Gasteiger partial charge in [-0.2, -0.15) is 5.26 Å². The van der Waals surface area contributed by atoms with E-state index < -0.39 is 12.2 Å². The van der Waals surface area contributed by atoms with Crippen molar-refractivity contribution >= 4 is 22.6 Å². The van der Waals surface area contributed by atoms with Gasteiger partial charge in [0.05, 0.1) is 31.0 Å². The first-order valence-electron chi connectivity index (χ1n) is 9.15. The van der Waals surface area contributed by atoms with Gasteiger partial charge in [0, 0.05) is 37.1 Å². The van der Waals surface area contributed by atoms with Crippen LogP contribution in [0.1, 0.15) is 12.8 Å². The maximum absolute atomic E-state index is 13.5. The summed E-state index contributed by atoms with van der Waals surface area (Å²) in [5.74, 6) is -0.166. The van der Waals surface area contributed by atoms with Gasteiger partial charge in [0.25, 0.3) is 0 Å². The number of alkyl halides is 1. The normalized spacial score (nSPS) is 25.6. The van der Waals surface area contributed by atoms with Gasteiger partial charge in [-0.25, -0.2) is 14.4 Å². The number of hydrogen-bond acceptors (Lipinski definition) is 6. The minimum absolute atomic E-state index is 0.0311. The number of anilines is 1. The van der Waals surface area contributed by atoms with Crippen LogP contribution in [0.4, 0.5) is 10.1 Å². The van der Waals surface area contributed by atoms with Gasteiger partial charge in [0.15, 0.2) is 5.65 Å². The topological polar surface area (TPSA) is 85.2 Å². The summed E-state index contributed by atoms with van der Waals surface area (Å²) in [5, 5.41) is 13.5. The first kappa shape index (κ1) is 17.6. The number of nitrogens with one attached hydrogen (secondary N) is 1. The van der Waals surface area contributed by atoms with Gasteiger partial charge in [-0.15, -0.1) is 0 Å². The summed E-state index contributed by atoms with van der Waals surface area (Å²) in [5.41, 5.74) is 1.64. The predicted molar refractivity (Wildman–Crippen MR) is 98.6 cm³/mol. The number of hydrogen-bond donors (Lipinski definition) is 1. The van der Waals surface area contributed by atoms with Gasteiger partial charge in [-0.1, -0.05) is 0 Å². The van der Waals surface area contributed by atoms with Crippen LogP contribution < -0.4 is 5.32 Å². The van der Waals surface area contributed by atoms with Crippen LogP contribution in [0.15, 0.2) is 30.6 Å². The van der Waals surface area contributed by atoms with E-state index in [4.69, 9.17) is 5.26 Å². The number of nitrogens with zero attached hydrogens (tertiary/aromatic N) is 5. The molecule has 4 heterocycles. The summed E-state index contributed by atoms with van der Waals surface area (Å²) in [4.78, 5) is 24.5. The van der Waals surface area contributed by atoms with Crippen molar-refractivity contribution in [1.29, 1.82) is 5.26 Å². The van der Waals surface area contributed by atoms with E-state index in [1.54, 1.807) is 12.4 Å². The molecule has 0 spiro atoms. The minimum Gasteiger partial charge on any atom is -0.380 e. The molecule has 2 aliphatic rings.